The number of thiophene rings is 1. The van der Waals surface area contributed by atoms with E-state index >= 15 is 0 Å². The van der Waals surface area contributed by atoms with Gasteiger partial charge in [-0.3, -0.25) is 4.98 Å². The lowest BCUT2D eigenvalue weighted by Crippen LogP contribution is -2.23. The van der Waals surface area contributed by atoms with Gasteiger partial charge in [-0.15, -0.1) is 0 Å². The van der Waals surface area contributed by atoms with Gasteiger partial charge < -0.3 is 10.1 Å². The number of hydrogen-bond donors (Lipinski definition) is 1. The predicted octanol–water partition coefficient (Wildman–Crippen LogP) is 3.01. The number of rotatable bonds is 7. The van der Waals surface area contributed by atoms with Crippen LogP contribution >= 0.6 is 22.9 Å². The third-order valence-electron chi connectivity index (χ3n) is 2.40. The zero-order valence-corrected chi connectivity index (χ0v) is 11.5. The van der Waals surface area contributed by atoms with Gasteiger partial charge in [0.25, 0.3) is 0 Å². The molecule has 2 aromatic heterocycles. The molecule has 0 bridgehead atoms. The molecule has 2 aromatic rings. The fourth-order valence-corrected chi connectivity index (χ4v) is 2.37. The van der Waals surface area contributed by atoms with Crippen LogP contribution in [-0.4, -0.2) is 24.7 Å². The maximum Gasteiger partial charge on any atom is 0.139 e. The van der Waals surface area contributed by atoms with E-state index in [1.165, 1.54) is 5.56 Å². The van der Waals surface area contributed by atoms with Gasteiger partial charge in [0, 0.05) is 18.8 Å². The van der Waals surface area contributed by atoms with E-state index in [9.17, 15) is 0 Å². The van der Waals surface area contributed by atoms with Gasteiger partial charge in [-0.1, -0.05) is 11.6 Å². The van der Waals surface area contributed by atoms with Crippen molar-refractivity contribution >= 4 is 22.9 Å². The topological polar surface area (TPSA) is 34.1 Å². The molecule has 0 aromatic carbocycles. The molecule has 96 valence electrons. The van der Waals surface area contributed by atoms with Crippen molar-refractivity contribution < 1.29 is 4.74 Å². The molecule has 5 heteroatoms. The summed E-state index contributed by atoms with van der Waals surface area (Å²) in [6.07, 6.45) is 4.31. The van der Waals surface area contributed by atoms with Crippen LogP contribution < -0.4 is 10.1 Å². The first-order chi connectivity index (χ1) is 8.84. The number of hydrogen-bond acceptors (Lipinski definition) is 4. The Kier molecular flexibility index (Phi) is 5.45. The summed E-state index contributed by atoms with van der Waals surface area (Å²) in [5.74, 6) is 0.710. The van der Waals surface area contributed by atoms with Crippen LogP contribution in [0, 0.1) is 0 Å². The molecule has 0 saturated carbocycles. The molecule has 3 nitrogen and oxygen atoms in total. The average molecular weight is 283 g/mol. The molecule has 0 amide bonds. The fourth-order valence-electron chi connectivity index (χ4n) is 1.50. The van der Waals surface area contributed by atoms with Crippen LogP contribution in [0.4, 0.5) is 0 Å². The van der Waals surface area contributed by atoms with Crippen LogP contribution in [0.1, 0.15) is 5.56 Å². The normalized spacial score (nSPS) is 10.5. The summed E-state index contributed by atoms with van der Waals surface area (Å²) in [6.45, 7) is 2.40. The lowest BCUT2D eigenvalue weighted by molar-refractivity contribution is 0.313. The minimum Gasteiger partial charge on any atom is -0.491 e. The van der Waals surface area contributed by atoms with E-state index in [0.717, 1.165) is 19.5 Å². The summed E-state index contributed by atoms with van der Waals surface area (Å²) in [4.78, 5) is 3.96. The van der Waals surface area contributed by atoms with Gasteiger partial charge in [0.05, 0.1) is 11.2 Å². The summed E-state index contributed by atoms with van der Waals surface area (Å²) in [5.41, 5.74) is 1.38. The smallest absolute Gasteiger partial charge is 0.139 e. The lowest BCUT2D eigenvalue weighted by atomic mass is 10.2. The first-order valence-electron chi connectivity index (χ1n) is 5.80. The number of nitrogens with zero attached hydrogens (tertiary/aromatic N) is 1. The standard InChI is InChI=1S/C13H15ClN2OS/c14-12-7-13(9-16-8-12)17-5-4-15-3-1-11-2-6-18-10-11/h2,6-10,15H,1,3-5H2. The van der Waals surface area contributed by atoms with Gasteiger partial charge >= 0.3 is 0 Å². The molecule has 0 aliphatic heterocycles. The van der Waals surface area contributed by atoms with Gasteiger partial charge in [0.2, 0.25) is 0 Å². The van der Waals surface area contributed by atoms with E-state index in [1.54, 1.807) is 29.8 Å². The molecule has 2 heterocycles. The Morgan fingerprint density at radius 2 is 2.28 bits per heavy atom. The minimum atomic E-state index is 0.595. The highest BCUT2D eigenvalue weighted by Crippen LogP contribution is 2.14. The van der Waals surface area contributed by atoms with Crippen molar-refractivity contribution in [2.45, 2.75) is 6.42 Å². The van der Waals surface area contributed by atoms with Crippen LogP contribution in [0.2, 0.25) is 5.02 Å². The van der Waals surface area contributed by atoms with Gasteiger partial charge in [0.1, 0.15) is 12.4 Å². The van der Waals surface area contributed by atoms with Crippen molar-refractivity contribution in [3.05, 3.63) is 45.9 Å². The van der Waals surface area contributed by atoms with E-state index in [2.05, 4.69) is 27.1 Å². The molecule has 18 heavy (non-hydrogen) atoms. The van der Waals surface area contributed by atoms with Gasteiger partial charge in [0.15, 0.2) is 0 Å². The van der Waals surface area contributed by atoms with E-state index in [-0.39, 0.29) is 0 Å². The van der Waals surface area contributed by atoms with Gasteiger partial charge in [-0.25, -0.2) is 0 Å². The summed E-state index contributed by atoms with van der Waals surface area (Å²) in [6, 6.07) is 3.92. The Morgan fingerprint density at radius 1 is 1.33 bits per heavy atom. The van der Waals surface area contributed by atoms with Crippen molar-refractivity contribution in [2.75, 3.05) is 19.7 Å². The maximum atomic E-state index is 5.81. The molecule has 1 N–H and O–H groups in total. The van der Waals surface area contributed by atoms with Crippen molar-refractivity contribution in [1.29, 1.82) is 0 Å². The number of halogens is 1. The van der Waals surface area contributed by atoms with Crippen LogP contribution in [-0.2, 0) is 6.42 Å². The lowest BCUT2D eigenvalue weighted by Gasteiger charge is -2.07. The monoisotopic (exact) mass is 282 g/mol. The van der Waals surface area contributed by atoms with Crippen molar-refractivity contribution in [2.24, 2.45) is 0 Å². The fraction of sp³-hybridized carbons (Fsp3) is 0.308. The second-order valence-corrected chi connectivity index (χ2v) is 5.04. The van der Waals surface area contributed by atoms with E-state index in [4.69, 9.17) is 16.3 Å². The zero-order valence-electron chi connectivity index (χ0n) is 9.93. The summed E-state index contributed by atoms with van der Waals surface area (Å²) >= 11 is 7.54. The number of aromatic nitrogens is 1. The Labute approximate surface area is 116 Å². The van der Waals surface area contributed by atoms with Crippen LogP contribution in [0.25, 0.3) is 0 Å². The van der Waals surface area contributed by atoms with Gasteiger partial charge in [-0.2, -0.15) is 11.3 Å². The summed E-state index contributed by atoms with van der Waals surface area (Å²) in [5, 5.41) is 8.21. The Morgan fingerprint density at radius 3 is 3.06 bits per heavy atom. The van der Waals surface area contributed by atoms with E-state index in [0.29, 0.717) is 17.4 Å². The number of nitrogens with one attached hydrogen (secondary N) is 1. The molecule has 2 rings (SSSR count). The first-order valence-corrected chi connectivity index (χ1v) is 7.12. The largest absolute Gasteiger partial charge is 0.491 e. The summed E-state index contributed by atoms with van der Waals surface area (Å²) in [7, 11) is 0. The van der Waals surface area contributed by atoms with E-state index in [1.807, 2.05) is 0 Å². The van der Waals surface area contributed by atoms with E-state index < -0.39 is 0 Å². The van der Waals surface area contributed by atoms with Crippen LogP contribution in [0.15, 0.2) is 35.3 Å². The second-order valence-electron chi connectivity index (χ2n) is 3.82. The third-order valence-corrected chi connectivity index (χ3v) is 3.34. The highest BCUT2D eigenvalue weighted by molar-refractivity contribution is 7.07. The quantitative estimate of drug-likeness (QED) is 0.793. The Bertz CT molecular complexity index is 462. The molecule has 0 aliphatic carbocycles. The molecule has 0 atom stereocenters. The molecule has 0 saturated heterocycles. The minimum absolute atomic E-state index is 0.595. The van der Waals surface area contributed by atoms with Crippen LogP contribution in [0.5, 0.6) is 5.75 Å². The van der Waals surface area contributed by atoms with Crippen LogP contribution in [0.3, 0.4) is 0 Å². The zero-order chi connectivity index (χ0) is 12.6. The number of ether oxygens (including phenoxy) is 1. The average Bonchev–Trinajstić information content (AvgIpc) is 2.87. The highest BCUT2D eigenvalue weighted by atomic mass is 35.5. The molecule has 0 spiro atoms. The van der Waals surface area contributed by atoms with Crippen molar-refractivity contribution in [1.82, 2.24) is 10.3 Å². The summed E-state index contributed by atoms with van der Waals surface area (Å²) < 4.78 is 5.52. The number of pyridine rings is 1. The molecular weight excluding hydrogens is 268 g/mol. The molecular formula is C13H15ClN2OS. The third kappa shape index (κ3) is 4.64. The van der Waals surface area contributed by atoms with Crippen molar-refractivity contribution in [3.8, 4) is 5.75 Å². The highest BCUT2D eigenvalue weighted by Gasteiger charge is 1.96. The first kappa shape index (κ1) is 13.3. The molecule has 0 aliphatic rings. The van der Waals surface area contributed by atoms with Gasteiger partial charge in [-0.05, 0) is 35.4 Å². The maximum absolute atomic E-state index is 5.81. The Hall–Kier alpha value is -1.10. The Balaban J connectivity index is 1.56. The SMILES string of the molecule is Clc1cncc(OCCNCCc2ccsc2)c1. The molecule has 0 fully saturated rings. The predicted molar refractivity (Wildman–Crippen MR) is 75.6 cm³/mol. The molecule has 0 unspecified atom stereocenters. The van der Waals surface area contributed by atoms with Crippen molar-refractivity contribution in [3.63, 3.8) is 0 Å². The second kappa shape index (κ2) is 7.36. The molecule has 0 radical (unpaired) electrons.